The second-order valence-electron chi connectivity index (χ2n) is 11.2. The molecule has 5 N–H and O–H groups in total. The summed E-state index contributed by atoms with van der Waals surface area (Å²) < 4.78 is 0. The Morgan fingerprint density at radius 1 is 0.632 bits per heavy atom. The third-order valence-corrected chi connectivity index (χ3v) is 7.48. The molecule has 226 valence electrons. The van der Waals surface area contributed by atoms with E-state index < -0.39 is 36.9 Å². The number of aliphatic hydroxyl groups excluding tert-OH is 4. The molecule has 0 fully saturated rings. The molecule has 0 aliphatic rings. The van der Waals surface area contributed by atoms with Gasteiger partial charge in [-0.05, 0) is 38.5 Å². The van der Waals surface area contributed by atoms with Crippen molar-refractivity contribution in [2.75, 3.05) is 6.61 Å². The molecule has 38 heavy (non-hydrogen) atoms. The Kier molecular flexibility index (Phi) is 26.9. The number of carbonyl (C=O) groups is 1. The van der Waals surface area contributed by atoms with Gasteiger partial charge in [-0.2, -0.15) is 0 Å². The Bertz CT molecular complexity index is 542. The van der Waals surface area contributed by atoms with Crippen molar-refractivity contribution < 1.29 is 25.2 Å². The van der Waals surface area contributed by atoms with Crippen LogP contribution in [0.25, 0.3) is 0 Å². The average molecular weight is 542 g/mol. The van der Waals surface area contributed by atoms with Crippen molar-refractivity contribution in [1.82, 2.24) is 5.32 Å². The van der Waals surface area contributed by atoms with E-state index in [-0.39, 0.29) is 0 Å². The molecule has 0 aromatic rings. The molecule has 0 aliphatic carbocycles. The summed E-state index contributed by atoms with van der Waals surface area (Å²) in [5.74, 6) is -0.598. The molecule has 0 radical (unpaired) electrons. The van der Waals surface area contributed by atoms with Crippen molar-refractivity contribution in [2.45, 2.75) is 179 Å². The maximum atomic E-state index is 12.3. The average Bonchev–Trinajstić information content (AvgIpc) is 2.92. The van der Waals surface area contributed by atoms with Crippen LogP contribution in [0.2, 0.25) is 0 Å². The summed E-state index contributed by atoms with van der Waals surface area (Å²) in [6, 6.07) is -0.993. The van der Waals surface area contributed by atoms with Gasteiger partial charge in [0.25, 0.3) is 0 Å². The SMILES string of the molecule is CCCCCCCCCC/C=C/CCCC(O)C(O)C(CO)NC(=O)C(O)CCCCCCCCCCC. The summed E-state index contributed by atoms with van der Waals surface area (Å²) in [5.41, 5.74) is 0. The topological polar surface area (TPSA) is 110 Å². The first-order valence-electron chi connectivity index (χ1n) is 16.1. The van der Waals surface area contributed by atoms with E-state index in [1.54, 1.807) is 0 Å². The van der Waals surface area contributed by atoms with E-state index in [0.29, 0.717) is 12.8 Å². The van der Waals surface area contributed by atoms with Gasteiger partial charge in [-0.25, -0.2) is 0 Å². The molecular weight excluding hydrogens is 478 g/mol. The largest absolute Gasteiger partial charge is 0.394 e. The monoisotopic (exact) mass is 541 g/mol. The molecular formula is C32H63NO5. The molecule has 0 heterocycles. The highest BCUT2D eigenvalue weighted by atomic mass is 16.3. The lowest BCUT2D eigenvalue weighted by Gasteiger charge is -2.27. The number of nitrogens with one attached hydrogen (secondary N) is 1. The zero-order chi connectivity index (χ0) is 28.3. The van der Waals surface area contributed by atoms with E-state index in [1.807, 2.05) is 0 Å². The fraction of sp³-hybridized carbons (Fsp3) is 0.906. The Morgan fingerprint density at radius 2 is 1.08 bits per heavy atom. The molecule has 0 rings (SSSR count). The third-order valence-electron chi connectivity index (χ3n) is 7.48. The van der Waals surface area contributed by atoms with Crippen LogP contribution in [-0.4, -0.2) is 57.3 Å². The number of hydrogen-bond acceptors (Lipinski definition) is 5. The molecule has 1 amide bonds. The Labute approximate surface area is 234 Å². The highest BCUT2D eigenvalue weighted by Gasteiger charge is 2.28. The highest BCUT2D eigenvalue weighted by molar-refractivity contribution is 5.80. The van der Waals surface area contributed by atoms with Crippen molar-refractivity contribution >= 4 is 5.91 Å². The lowest BCUT2D eigenvalue weighted by atomic mass is 10.00. The number of carbonyl (C=O) groups excluding carboxylic acids is 1. The molecule has 0 spiro atoms. The van der Waals surface area contributed by atoms with Crippen LogP contribution >= 0.6 is 0 Å². The lowest BCUT2D eigenvalue weighted by Crippen LogP contribution is -2.53. The van der Waals surface area contributed by atoms with Gasteiger partial charge in [0.05, 0.1) is 18.8 Å². The van der Waals surface area contributed by atoms with Crippen LogP contribution in [0.15, 0.2) is 12.2 Å². The van der Waals surface area contributed by atoms with Gasteiger partial charge < -0.3 is 25.7 Å². The van der Waals surface area contributed by atoms with E-state index in [2.05, 4.69) is 31.3 Å². The molecule has 6 heteroatoms. The van der Waals surface area contributed by atoms with Crippen molar-refractivity contribution in [3.63, 3.8) is 0 Å². The minimum atomic E-state index is -1.27. The Hall–Kier alpha value is -0.950. The second-order valence-corrected chi connectivity index (χ2v) is 11.2. The predicted molar refractivity (Wildman–Crippen MR) is 159 cm³/mol. The quantitative estimate of drug-likeness (QED) is 0.0557. The normalized spacial score (nSPS) is 15.0. The zero-order valence-corrected chi connectivity index (χ0v) is 24.9. The highest BCUT2D eigenvalue weighted by Crippen LogP contribution is 2.14. The summed E-state index contributed by atoms with van der Waals surface area (Å²) in [6.45, 7) is 3.96. The molecule has 0 aliphatic heterocycles. The first-order chi connectivity index (χ1) is 18.5. The molecule has 0 saturated heterocycles. The third kappa shape index (κ3) is 21.9. The fourth-order valence-electron chi connectivity index (χ4n) is 4.81. The molecule has 0 aromatic heterocycles. The van der Waals surface area contributed by atoms with E-state index in [9.17, 15) is 25.2 Å². The Balaban J connectivity index is 3.94. The molecule has 4 unspecified atom stereocenters. The van der Waals surface area contributed by atoms with Crippen LogP contribution in [0.5, 0.6) is 0 Å². The van der Waals surface area contributed by atoms with Gasteiger partial charge in [-0.15, -0.1) is 0 Å². The molecule has 4 atom stereocenters. The van der Waals surface area contributed by atoms with Crippen LogP contribution in [0.4, 0.5) is 0 Å². The van der Waals surface area contributed by atoms with Gasteiger partial charge in [0, 0.05) is 0 Å². The van der Waals surface area contributed by atoms with Gasteiger partial charge >= 0.3 is 0 Å². The number of aliphatic hydroxyl groups is 4. The van der Waals surface area contributed by atoms with Gasteiger partial charge in [0.1, 0.15) is 12.2 Å². The van der Waals surface area contributed by atoms with Crippen LogP contribution in [0, 0.1) is 0 Å². The second kappa shape index (κ2) is 27.6. The van der Waals surface area contributed by atoms with Crippen LogP contribution in [0.3, 0.4) is 0 Å². The van der Waals surface area contributed by atoms with E-state index in [0.717, 1.165) is 38.5 Å². The minimum Gasteiger partial charge on any atom is -0.394 e. The van der Waals surface area contributed by atoms with Gasteiger partial charge in [0.2, 0.25) is 5.91 Å². The van der Waals surface area contributed by atoms with E-state index in [4.69, 9.17) is 0 Å². The van der Waals surface area contributed by atoms with Gasteiger partial charge in [-0.3, -0.25) is 4.79 Å². The van der Waals surface area contributed by atoms with Crippen molar-refractivity contribution in [1.29, 1.82) is 0 Å². The fourth-order valence-corrected chi connectivity index (χ4v) is 4.81. The number of allylic oxidation sites excluding steroid dienone is 2. The predicted octanol–water partition coefficient (Wildman–Crippen LogP) is 6.72. The van der Waals surface area contributed by atoms with Crippen LogP contribution in [0.1, 0.15) is 155 Å². The maximum absolute atomic E-state index is 12.3. The number of rotatable bonds is 28. The Morgan fingerprint density at radius 3 is 1.58 bits per heavy atom. The van der Waals surface area contributed by atoms with Crippen molar-refractivity contribution in [3.05, 3.63) is 12.2 Å². The van der Waals surface area contributed by atoms with Gasteiger partial charge in [-0.1, -0.05) is 129 Å². The molecule has 0 saturated carbocycles. The summed E-state index contributed by atoms with van der Waals surface area (Å²) >= 11 is 0. The first-order valence-corrected chi connectivity index (χ1v) is 16.1. The number of hydrogen-bond donors (Lipinski definition) is 5. The standard InChI is InChI=1S/C32H63NO5/c1-3-5-7-9-11-13-14-15-16-18-19-21-23-25-29(35)31(37)28(27-34)33-32(38)30(36)26-24-22-20-17-12-10-8-6-4-2/h18-19,28-31,34-37H,3-17,20-27H2,1-2H3,(H,33,38)/b19-18+. The molecule has 0 bridgehead atoms. The molecule has 0 aromatic carbocycles. The first kappa shape index (κ1) is 37.0. The maximum Gasteiger partial charge on any atom is 0.249 e. The number of amides is 1. The van der Waals surface area contributed by atoms with Crippen LogP contribution in [-0.2, 0) is 4.79 Å². The van der Waals surface area contributed by atoms with Crippen molar-refractivity contribution in [3.8, 4) is 0 Å². The number of unbranched alkanes of at least 4 members (excludes halogenated alkanes) is 17. The van der Waals surface area contributed by atoms with Gasteiger partial charge in [0.15, 0.2) is 0 Å². The van der Waals surface area contributed by atoms with Crippen molar-refractivity contribution in [2.24, 2.45) is 0 Å². The summed E-state index contributed by atoms with van der Waals surface area (Å²) in [6.07, 6.45) is 25.2. The zero-order valence-electron chi connectivity index (χ0n) is 24.9. The van der Waals surface area contributed by atoms with Crippen LogP contribution < -0.4 is 5.32 Å². The van der Waals surface area contributed by atoms with E-state index >= 15 is 0 Å². The molecule has 6 nitrogen and oxygen atoms in total. The smallest absolute Gasteiger partial charge is 0.249 e. The van der Waals surface area contributed by atoms with E-state index in [1.165, 1.54) is 89.9 Å². The summed E-state index contributed by atoms with van der Waals surface area (Å²) in [4.78, 5) is 12.3. The summed E-state index contributed by atoms with van der Waals surface area (Å²) in [5, 5.41) is 43.1. The minimum absolute atomic E-state index is 0.365. The lowest BCUT2D eigenvalue weighted by molar-refractivity contribution is -0.132. The summed E-state index contributed by atoms with van der Waals surface area (Å²) in [7, 11) is 0.